The maximum atomic E-state index is 8.80. The standard InChI is InChI=1S/C13H11BrN4/c1-8-4-5-17-13(12(8)16)18-11-3-2-9(7-15)6-10(11)14/h2-6H,16H2,1H3,(H,17,18). The van der Waals surface area contributed by atoms with Crippen LogP contribution in [-0.2, 0) is 0 Å². The fourth-order valence-electron chi connectivity index (χ4n) is 1.48. The predicted molar refractivity (Wildman–Crippen MR) is 75.5 cm³/mol. The number of hydrogen-bond acceptors (Lipinski definition) is 4. The highest BCUT2D eigenvalue weighted by Gasteiger charge is 2.06. The van der Waals surface area contributed by atoms with Crippen molar-refractivity contribution >= 4 is 33.1 Å². The normalized spacial score (nSPS) is 9.83. The van der Waals surface area contributed by atoms with Crippen molar-refractivity contribution in [2.75, 3.05) is 11.1 Å². The van der Waals surface area contributed by atoms with Gasteiger partial charge in [0.15, 0.2) is 5.82 Å². The van der Waals surface area contributed by atoms with Crippen molar-refractivity contribution in [2.45, 2.75) is 6.92 Å². The van der Waals surface area contributed by atoms with Gasteiger partial charge in [-0.3, -0.25) is 0 Å². The molecule has 2 rings (SSSR count). The van der Waals surface area contributed by atoms with E-state index in [0.29, 0.717) is 17.1 Å². The molecule has 1 heterocycles. The van der Waals surface area contributed by atoms with E-state index in [4.69, 9.17) is 11.0 Å². The lowest BCUT2D eigenvalue weighted by Gasteiger charge is -2.11. The first-order chi connectivity index (χ1) is 8.61. The number of hydrogen-bond donors (Lipinski definition) is 2. The molecule has 0 atom stereocenters. The summed E-state index contributed by atoms with van der Waals surface area (Å²) in [5, 5.41) is 11.9. The lowest BCUT2D eigenvalue weighted by Crippen LogP contribution is -2.01. The monoisotopic (exact) mass is 302 g/mol. The van der Waals surface area contributed by atoms with Gasteiger partial charge in [-0.05, 0) is 52.7 Å². The second-order valence-corrected chi connectivity index (χ2v) is 4.68. The first kappa shape index (κ1) is 12.4. The van der Waals surface area contributed by atoms with Crippen LogP contribution in [0.5, 0.6) is 0 Å². The van der Waals surface area contributed by atoms with Gasteiger partial charge in [-0.2, -0.15) is 5.26 Å². The molecule has 0 radical (unpaired) electrons. The highest BCUT2D eigenvalue weighted by molar-refractivity contribution is 9.10. The Morgan fingerprint density at radius 2 is 2.17 bits per heavy atom. The molecule has 18 heavy (non-hydrogen) atoms. The molecule has 0 spiro atoms. The van der Waals surface area contributed by atoms with Gasteiger partial charge in [-0.1, -0.05) is 0 Å². The number of aromatic nitrogens is 1. The number of rotatable bonds is 2. The summed E-state index contributed by atoms with van der Waals surface area (Å²) < 4.78 is 0.796. The zero-order valence-electron chi connectivity index (χ0n) is 9.74. The zero-order chi connectivity index (χ0) is 13.1. The smallest absolute Gasteiger partial charge is 0.153 e. The molecule has 0 saturated heterocycles. The van der Waals surface area contributed by atoms with Gasteiger partial charge in [0.25, 0.3) is 0 Å². The molecule has 1 aromatic heterocycles. The van der Waals surface area contributed by atoms with E-state index >= 15 is 0 Å². The Balaban J connectivity index is 2.35. The van der Waals surface area contributed by atoms with Crippen molar-refractivity contribution in [3.05, 3.63) is 46.1 Å². The summed E-state index contributed by atoms with van der Waals surface area (Å²) in [6.07, 6.45) is 1.70. The number of benzene rings is 1. The summed E-state index contributed by atoms with van der Waals surface area (Å²) in [5.74, 6) is 0.611. The molecule has 0 aliphatic heterocycles. The first-order valence-corrected chi connectivity index (χ1v) is 6.09. The third-order valence-corrected chi connectivity index (χ3v) is 3.22. The summed E-state index contributed by atoms with van der Waals surface area (Å²) in [6, 6.07) is 9.23. The van der Waals surface area contributed by atoms with Crippen LogP contribution >= 0.6 is 15.9 Å². The third kappa shape index (κ3) is 2.44. The van der Waals surface area contributed by atoms with Crippen LogP contribution in [0.1, 0.15) is 11.1 Å². The van der Waals surface area contributed by atoms with Crippen LogP contribution in [0.15, 0.2) is 34.9 Å². The van der Waals surface area contributed by atoms with Crippen molar-refractivity contribution in [1.29, 1.82) is 5.26 Å². The van der Waals surface area contributed by atoms with E-state index in [2.05, 4.69) is 32.3 Å². The minimum absolute atomic E-state index is 0.595. The number of nitrogens with zero attached hydrogens (tertiary/aromatic N) is 2. The van der Waals surface area contributed by atoms with Gasteiger partial charge in [-0.25, -0.2) is 4.98 Å². The second-order valence-electron chi connectivity index (χ2n) is 3.82. The van der Waals surface area contributed by atoms with E-state index in [1.165, 1.54) is 0 Å². The molecule has 0 fully saturated rings. The first-order valence-electron chi connectivity index (χ1n) is 5.29. The van der Waals surface area contributed by atoms with Crippen LogP contribution in [0.2, 0.25) is 0 Å². The van der Waals surface area contributed by atoms with Gasteiger partial charge in [0.2, 0.25) is 0 Å². The van der Waals surface area contributed by atoms with E-state index < -0.39 is 0 Å². The number of nitriles is 1. The number of nitrogens with one attached hydrogen (secondary N) is 1. The van der Waals surface area contributed by atoms with Crippen LogP contribution < -0.4 is 11.1 Å². The molecule has 3 N–H and O–H groups in total. The van der Waals surface area contributed by atoms with Gasteiger partial charge in [-0.15, -0.1) is 0 Å². The minimum Gasteiger partial charge on any atom is -0.396 e. The van der Waals surface area contributed by atoms with E-state index in [-0.39, 0.29) is 0 Å². The zero-order valence-corrected chi connectivity index (χ0v) is 11.3. The van der Waals surface area contributed by atoms with E-state index in [1.54, 1.807) is 18.3 Å². The summed E-state index contributed by atoms with van der Waals surface area (Å²) in [6.45, 7) is 1.93. The molecule has 90 valence electrons. The van der Waals surface area contributed by atoms with Gasteiger partial charge >= 0.3 is 0 Å². The molecule has 4 nitrogen and oxygen atoms in total. The number of pyridine rings is 1. The van der Waals surface area contributed by atoms with Crippen molar-refractivity contribution in [3.63, 3.8) is 0 Å². The molecule has 0 bridgehead atoms. The van der Waals surface area contributed by atoms with E-state index in [0.717, 1.165) is 15.7 Å². The second kappa shape index (κ2) is 5.07. The molecular formula is C13H11BrN4. The average molecular weight is 303 g/mol. The molecule has 0 aliphatic carbocycles. The molecule has 5 heteroatoms. The number of halogens is 1. The lowest BCUT2D eigenvalue weighted by molar-refractivity contribution is 1.27. The average Bonchev–Trinajstić information content (AvgIpc) is 2.37. The number of nitrogen functional groups attached to an aromatic ring is 1. The molecule has 1 aromatic carbocycles. The third-order valence-electron chi connectivity index (χ3n) is 2.56. The van der Waals surface area contributed by atoms with Crippen molar-refractivity contribution in [2.24, 2.45) is 0 Å². The van der Waals surface area contributed by atoms with Gasteiger partial charge in [0.05, 0.1) is 23.0 Å². The van der Waals surface area contributed by atoms with Crippen molar-refractivity contribution < 1.29 is 0 Å². The molecular weight excluding hydrogens is 292 g/mol. The maximum absolute atomic E-state index is 8.80. The summed E-state index contributed by atoms with van der Waals surface area (Å²) in [4.78, 5) is 4.20. The highest BCUT2D eigenvalue weighted by Crippen LogP contribution is 2.29. The SMILES string of the molecule is Cc1ccnc(Nc2ccc(C#N)cc2Br)c1N. The molecule has 0 aliphatic rings. The van der Waals surface area contributed by atoms with Crippen molar-refractivity contribution in [1.82, 2.24) is 4.98 Å². The van der Waals surface area contributed by atoms with E-state index in [9.17, 15) is 0 Å². The van der Waals surface area contributed by atoms with Crippen LogP contribution in [0.4, 0.5) is 17.2 Å². The fraction of sp³-hybridized carbons (Fsp3) is 0.0769. The quantitative estimate of drug-likeness (QED) is 0.892. The summed E-state index contributed by atoms with van der Waals surface area (Å²) in [7, 11) is 0. The van der Waals surface area contributed by atoms with Crippen LogP contribution in [0.25, 0.3) is 0 Å². The van der Waals surface area contributed by atoms with Crippen LogP contribution in [0.3, 0.4) is 0 Å². The van der Waals surface area contributed by atoms with Gasteiger partial charge < -0.3 is 11.1 Å². The number of aryl methyl sites for hydroxylation is 1. The Hall–Kier alpha value is -2.06. The Labute approximate surface area is 114 Å². The highest BCUT2D eigenvalue weighted by atomic mass is 79.9. The Morgan fingerprint density at radius 3 is 2.83 bits per heavy atom. The largest absolute Gasteiger partial charge is 0.396 e. The predicted octanol–water partition coefficient (Wildman–Crippen LogP) is 3.35. The molecule has 0 saturated carbocycles. The Kier molecular flexibility index (Phi) is 3.49. The molecule has 0 unspecified atom stereocenters. The van der Waals surface area contributed by atoms with Gasteiger partial charge in [0.1, 0.15) is 0 Å². The molecule has 0 amide bonds. The van der Waals surface area contributed by atoms with Crippen molar-refractivity contribution in [3.8, 4) is 6.07 Å². The Morgan fingerprint density at radius 1 is 1.39 bits per heavy atom. The summed E-state index contributed by atoms with van der Waals surface area (Å²) >= 11 is 3.41. The topological polar surface area (TPSA) is 74.7 Å². The van der Waals surface area contributed by atoms with Gasteiger partial charge in [0, 0.05) is 10.7 Å². The number of anilines is 3. The molecule has 2 aromatic rings. The Bertz CT molecular complexity index is 631. The lowest BCUT2D eigenvalue weighted by atomic mass is 10.2. The van der Waals surface area contributed by atoms with E-state index in [1.807, 2.05) is 19.1 Å². The van der Waals surface area contributed by atoms with Crippen LogP contribution in [0, 0.1) is 18.3 Å². The maximum Gasteiger partial charge on any atom is 0.153 e. The number of nitrogens with two attached hydrogens (primary N) is 1. The van der Waals surface area contributed by atoms with Crippen LogP contribution in [-0.4, -0.2) is 4.98 Å². The fourth-order valence-corrected chi connectivity index (χ4v) is 1.96. The summed E-state index contributed by atoms with van der Waals surface area (Å²) in [5.41, 5.74) is 8.95. The minimum atomic E-state index is 0.595.